The van der Waals surface area contributed by atoms with Gasteiger partial charge in [0.15, 0.2) is 5.69 Å². The monoisotopic (exact) mass is 287 g/mol. The van der Waals surface area contributed by atoms with Crippen LogP contribution in [0, 0.1) is 0 Å². The Bertz CT molecular complexity index is 645. The van der Waals surface area contributed by atoms with Crippen LogP contribution in [0.4, 0.5) is 0 Å². The van der Waals surface area contributed by atoms with E-state index in [2.05, 4.69) is 15.0 Å². The molecule has 0 aliphatic rings. The number of carbonyl (C=O) groups is 1. The molecule has 96 valence electrons. The maximum Gasteiger partial charge on any atom is 0.273 e. The molecule has 0 aromatic carbocycles. The van der Waals surface area contributed by atoms with E-state index in [1.807, 2.05) is 0 Å². The van der Waals surface area contributed by atoms with E-state index >= 15 is 0 Å². The van der Waals surface area contributed by atoms with Crippen molar-refractivity contribution in [1.29, 1.82) is 0 Å². The summed E-state index contributed by atoms with van der Waals surface area (Å²) in [7, 11) is -3.69. The molecule has 3 N–H and O–H groups in total. The van der Waals surface area contributed by atoms with Gasteiger partial charge in [-0.25, -0.2) is 13.6 Å². The maximum atomic E-state index is 11.5. The number of nitrogens with one attached hydrogen (secondary N) is 1. The Morgan fingerprint density at radius 3 is 2.78 bits per heavy atom. The van der Waals surface area contributed by atoms with E-state index in [4.69, 9.17) is 5.14 Å². The summed E-state index contributed by atoms with van der Waals surface area (Å²) in [6.45, 7) is 0.200. The van der Waals surface area contributed by atoms with E-state index in [0.717, 1.165) is 11.3 Å². The molecule has 1 amide bonds. The fraction of sp³-hybridized carbons (Fsp3) is 0.111. The molecule has 0 saturated heterocycles. The van der Waals surface area contributed by atoms with E-state index in [-0.39, 0.29) is 16.4 Å². The zero-order valence-corrected chi connectivity index (χ0v) is 10.6. The third kappa shape index (κ3) is 2.94. The van der Waals surface area contributed by atoms with E-state index in [1.54, 1.807) is 6.07 Å². The van der Waals surface area contributed by atoms with Crippen molar-refractivity contribution < 1.29 is 17.7 Å². The standard InChI is InChI=1S/C9H9N3O4S2/c10-18(14,15)8-2-1-6(17-8)5-11-9(13)7-3-4-16-12-7/h1-4H,5H2,(H,11,13)(H2,10,14,15). The van der Waals surface area contributed by atoms with Gasteiger partial charge >= 0.3 is 0 Å². The molecule has 0 fully saturated rings. The number of carbonyl (C=O) groups excluding carboxylic acids is 1. The van der Waals surface area contributed by atoms with Crippen LogP contribution in [-0.2, 0) is 16.6 Å². The molecule has 0 aliphatic carbocycles. The first-order chi connectivity index (χ1) is 8.47. The van der Waals surface area contributed by atoms with Crippen molar-refractivity contribution in [1.82, 2.24) is 10.5 Å². The lowest BCUT2D eigenvalue weighted by atomic mass is 10.4. The highest BCUT2D eigenvalue weighted by Crippen LogP contribution is 2.19. The molecule has 9 heteroatoms. The smallest absolute Gasteiger partial charge is 0.273 e. The molecule has 0 spiro atoms. The van der Waals surface area contributed by atoms with Crippen molar-refractivity contribution in [3.05, 3.63) is 35.0 Å². The van der Waals surface area contributed by atoms with Crippen molar-refractivity contribution in [3.63, 3.8) is 0 Å². The molecule has 2 heterocycles. The van der Waals surface area contributed by atoms with Crippen LogP contribution in [0.5, 0.6) is 0 Å². The fourth-order valence-electron chi connectivity index (χ4n) is 1.19. The number of amides is 1. The highest BCUT2D eigenvalue weighted by Gasteiger charge is 2.12. The fourth-order valence-corrected chi connectivity index (χ4v) is 2.91. The first kappa shape index (κ1) is 12.7. The van der Waals surface area contributed by atoms with Gasteiger partial charge in [0.05, 0.1) is 6.54 Å². The summed E-state index contributed by atoms with van der Waals surface area (Å²) in [5, 5.41) is 11.0. The molecular formula is C9H9N3O4S2. The highest BCUT2D eigenvalue weighted by molar-refractivity contribution is 7.91. The summed E-state index contributed by atoms with van der Waals surface area (Å²) in [5.41, 5.74) is 0.165. The van der Waals surface area contributed by atoms with Crippen molar-refractivity contribution in [2.45, 2.75) is 10.8 Å². The van der Waals surface area contributed by atoms with Gasteiger partial charge < -0.3 is 9.84 Å². The van der Waals surface area contributed by atoms with Gasteiger partial charge in [-0.05, 0) is 12.1 Å². The summed E-state index contributed by atoms with van der Waals surface area (Å²) in [6, 6.07) is 4.42. The van der Waals surface area contributed by atoms with E-state index in [9.17, 15) is 13.2 Å². The number of nitrogens with zero attached hydrogens (tertiary/aromatic N) is 1. The van der Waals surface area contributed by atoms with Crippen LogP contribution < -0.4 is 10.5 Å². The average Bonchev–Trinajstić information content (AvgIpc) is 2.96. The first-order valence-electron chi connectivity index (χ1n) is 4.77. The Morgan fingerprint density at radius 2 is 2.22 bits per heavy atom. The molecule has 0 bridgehead atoms. The van der Waals surface area contributed by atoms with Crippen molar-refractivity contribution in [3.8, 4) is 0 Å². The van der Waals surface area contributed by atoms with Crippen LogP contribution in [0.3, 0.4) is 0 Å². The number of rotatable bonds is 4. The molecule has 0 radical (unpaired) electrons. The second kappa shape index (κ2) is 4.88. The van der Waals surface area contributed by atoms with E-state index in [1.165, 1.54) is 18.4 Å². The van der Waals surface area contributed by atoms with Crippen LogP contribution in [0.25, 0.3) is 0 Å². The van der Waals surface area contributed by atoms with Crippen LogP contribution in [0.1, 0.15) is 15.4 Å². The van der Waals surface area contributed by atoms with Gasteiger partial charge in [-0.15, -0.1) is 11.3 Å². The van der Waals surface area contributed by atoms with Crippen molar-refractivity contribution >= 4 is 27.3 Å². The summed E-state index contributed by atoms with van der Waals surface area (Å²) < 4.78 is 26.7. The Hall–Kier alpha value is -1.71. The quantitative estimate of drug-likeness (QED) is 0.839. The van der Waals surface area contributed by atoms with E-state index in [0.29, 0.717) is 4.88 Å². The zero-order valence-electron chi connectivity index (χ0n) is 8.99. The zero-order chi connectivity index (χ0) is 13.2. The Labute approximate surface area is 107 Å². The van der Waals surface area contributed by atoms with Crippen molar-refractivity contribution in [2.24, 2.45) is 5.14 Å². The normalized spacial score (nSPS) is 11.4. The van der Waals surface area contributed by atoms with Crippen molar-refractivity contribution in [2.75, 3.05) is 0 Å². The largest absolute Gasteiger partial charge is 0.364 e. The molecule has 18 heavy (non-hydrogen) atoms. The molecular weight excluding hydrogens is 278 g/mol. The summed E-state index contributed by atoms with van der Waals surface area (Å²) in [5.74, 6) is -0.394. The number of hydrogen-bond donors (Lipinski definition) is 2. The Kier molecular flexibility index (Phi) is 3.45. The predicted octanol–water partition coefficient (Wildman–Crippen LogP) is 0.313. The van der Waals surface area contributed by atoms with Crippen LogP contribution in [0.15, 0.2) is 33.2 Å². The topological polar surface area (TPSA) is 115 Å². The van der Waals surface area contributed by atoms with Gasteiger partial charge in [-0.2, -0.15) is 0 Å². The lowest BCUT2D eigenvalue weighted by molar-refractivity contribution is 0.0942. The molecule has 2 aromatic rings. The van der Waals surface area contributed by atoms with Gasteiger partial charge in [-0.1, -0.05) is 5.16 Å². The van der Waals surface area contributed by atoms with Crippen LogP contribution >= 0.6 is 11.3 Å². The minimum absolute atomic E-state index is 0.0631. The molecule has 7 nitrogen and oxygen atoms in total. The van der Waals surface area contributed by atoms with Gasteiger partial charge in [0.2, 0.25) is 10.0 Å². The number of hydrogen-bond acceptors (Lipinski definition) is 6. The summed E-state index contributed by atoms with van der Waals surface area (Å²) in [4.78, 5) is 12.2. The number of thiophene rings is 1. The summed E-state index contributed by atoms with van der Waals surface area (Å²) in [6.07, 6.45) is 1.29. The Balaban J connectivity index is 1.99. The predicted molar refractivity (Wildman–Crippen MR) is 63.4 cm³/mol. The van der Waals surface area contributed by atoms with Gasteiger partial charge in [0, 0.05) is 10.9 Å². The molecule has 2 rings (SSSR count). The number of aromatic nitrogens is 1. The molecule has 0 unspecified atom stereocenters. The SMILES string of the molecule is NS(=O)(=O)c1ccc(CNC(=O)c2ccon2)s1. The molecule has 0 saturated carbocycles. The van der Waals surface area contributed by atoms with E-state index < -0.39 is 15.9 Å². The number of primary sulfonamides is 1. The van der Waals surface area contributed by atoms with Gasteiger partial charge in [0.1, 0.15) is 10.5 Å². The summed E-state index contributed by atoms with van der Waals surface area (Å²) >= 11 is 1.01. The van der Waals surface area contributed by atoms with Gasteiger partial charge in [-0.3, -0.25) is 4.79 Å². The first-order valence-corrected chi connectivity index (χ1v) is 7.13. The minimum Gasteiger partial charge on any atom is -0.364 e. The highest BCUT2D eigenvalue weighted by atomic mass is 32.2. The third-order valence-electron chi connectivity index (χ3n) is 2.01. The lowest BCUT2D eigenvalue weighted by Gasteiger charge is -1.99. The Morgan fingerprint density at radius 1 is 1.44 bits per heavy atom. The van der Waals surface area contributed by atoms with Crippen LogP contribution in [-0.4, -0.2) is 19.5 Å². The average molecular weight is 287 g/mol. The number of sulfonamides is 1. The molecule has 2 aromatic heterocycles. The number of nitrogens with two attached hydrogens (primary N) is 1. The van der Waals surface area contributed by atoms with Crippen LogP contribution in [0.2, 0.25) is 0 Å². The second-order valence-electron chi connectivity index (χ2n) is 3.33. The molecule has 0 atom stereocenters. The minimum atomic E-state index is -3.69. The lowest BCUT2D eigenvalue weighted by Crippen LogP contribution is -2.22. The second-order valence-corrected chi connectivity index (χ2v) is 6.29. The maximum absolute atomic E-state index is 11.5. The third-order valence-corrected chi connectivity index (χ3v) is 4.53. The molecule has 0 aliphatic heterocycles. The van der Waals surface area contributed by atoms with Gasteiger partial charge in [0.25, 0.3) is 5.91 Å².